The third-order valence-electron chi connectivity index (χ3n) is 2.48. The first-order valence-electron chi connectivity index (χ1n) is 5.44. The molecule has 0 saturated carbocycles. The first-order chi connectivity index (χ1) is 9.44. The number of aromatic nitrogens is 2. The first kappa shape index (κ1) is 13.8. The monoisotopic (exact) mass is 279 g/mol. The number of hydrogen-bond acceptors (Lipinski definition) is 4. The molecule has 1 aromatic carbocycles. The highest BCUT2D eigenvalue weighted by Gasteiger charge is 2.32. The van der Waals surface area contributed by atoms with Crippen molar-refractivity contribution in [1.82, 2.24) is 9.97 Å². The normalized spacial score (nSPS) is 10.9. The summed E-state index contributed by atoms with van der Waals surface area (Å²) in [5.41, 5.74) is -0.504. The van der Waals surface area contributed by atoms with Crippen LogP contribution in [0.3, 0.4) is 0 Å². The largest absolute Gasteiger partial charge is 0.497 e. The van der Waals surface area contributed by atoms with Gasteiger partial charge in [-0.1, -0.05) is 0 Å². The van der Waals surface area contributed by atoms with E-state index in [1.165, 1.54) is 25.3 Å². The van der Waals surface area contributed by atoms with Crippen LogP contribution in [0.4, 0.5) is 13.2 Å². The molecule has 102 valence electrons. The number of methoxy groups -OCH3 is 1. The summed E-state index contributed by atoms with van der Waals surface area (Å²) in [6, 6.07) is 7.02. The highest BCUT2D eigenvalue weighted by Crippen LogP contribution is 2.29. The van der Waals surface area contributed by atoms with E-state index in [1.807, 2.05) is 6.07 Å². The van der Waals surface area contributed by atoms with Crippen molar-refractivity contribution >= 4 is 0 Å². The van der Waals surface area contributed by atoms with E-state index in [0.29, 0.717) is 5.75 Å². The number of benzene rings is 1. The van der Waals surface area contributed by atoms with Gasteiger partial charge in [-0.2, -0.15) is 18.4 Å². The molecule has 0 fully saturated rings. The summed E-state index contributed by atoms with van der Waals surface area (Å²) in [5.74, 6) is 0.232. The Morgan fingerprint density at radius 1 is 1.25 bits per heavy atom. The molecule has 2 rings (SSSR count). The molecule has 0 amide bonds. The van der Waals surface area contributed by atoms with Crippen LogP contribution in [0.5, 0.6) is 5.75 Å². The number of nitrogens with zero attached hydrogens (tertiary/aromatic N) is 3. The van der Waals surface area contributed by atoms with Crippen molar-refractivity contribution in [2.24, 2.45) is 0 Å². The standard InChI is InChI=1S/C13H8F3N3O/c1-20-10-5-8(7-17)4-9(6-10)12-18-3-2-11(19-12)13(14,15)16/h2-6H,1H3. The maximum absolute atomic E-state index is 12.6. The summed E-state index contributed by atoms with van der Waals surface area (Å²) in [6.07, 6.45) is -3.52. The lowest BCUT2D eigenvalue weighted by Crippen LogP contribution is -2.09. The number of nitriles is 1. The third kappa shape index (κ3) is 2.85. The van der Waals surface area contributed by atoms with Crippen molar-refractivity contribution in [3.05, 3.63) is 41.7 Å². The molecule has 0 atom stereocenters. The van der Waals surface area contributed by atoms with Crippen LogP contribution in [0.15, 0.2) is 30.5 Å². The number of halogens is 3. The van der Waals surface area contributed by atoms with Crippen molar-refractivity contribution in [3.8, 4) is 23.2 Å². The van der Waals surface area contributed by atoms with E-state index in [0.717, 1.165) is 12.3 Å². The zero-order valence-electron chi connectivity index (χ0n) is 10.3. The van der Waals surface area contributed by atoms with Gasteiger partial charge in [-0.25, -0.2) is 9.97 Å². The van der Waals surface area contributed by atoms with Crippen LogP contribution in [0.1, 0.15) is 11.3 Å². The predicted molar refractivity (Wildman–Crippen MR) is 63.7 cm³/mol. The third-order valence-corrected chi connectivity index (χ3v) is 2.48. The minimum atomic E-state index is -4.55. The summed E-state index contributed by atoms with van der Waals surface area (Å²) in [4.78, 5) is 7.26. The summed E-state index contributed by atoms with van der Waals surface area (Å²) in [7, 11) is 1.40. The Kier molecular flexibility index (Phi) is 3.57. The van der Waals surface area contributed by atoms with Crippen molar-refractivity contribution in [2.45, 2.75) is 6.18 Å². The van der Waals surface area contributed by atoms with Gasteiger partial charge in [0.2, 0.25) is 0 Å². The first-order valence-corrected chi connectivity index (χ1v) is 5.44. The fourth-order valence-electron chi connectivity index (χ4n) is 1.57. The van der Waals surface area contributed by atoms with Crippen molar-refractivity contribution in [2.75, 3.05) is 7.11 Å². The highest BCUT2D eigenvalue weighted by molar-refractivity contribution is 5.61. The maximum Gasteiger partial charge on any atom is 0.433 e. The Labute approximate surface area is 112 Å². The van der Waals surface area contributed by atoms with E-state index in [-0.39, 0.29) is 17.0 Å². The molecule has 0 saturated heterocycles. The number of ether oxygens (including phenoxy) is 1. The molecule has 7 heteroatoms. The average Bonchev–Trinajstić information content (AvgIpc) is 2.46. The number of rotatable bonds is 2. The minimum Gasteiger partial charge on any atom is -0.497 e. The van der Waals surface area contributed by atoms with Crippen LogP contribution in [0.25, 0.3) is 11.4 Å². The fourth-order valence-corrected chi connectivity index (χ4v) is 1.57. The smallest absolute Gasteiger partial charge is 0.433 e. The second-order valence-electron chi connectivity index (χ2n) is 3.83. The van der Waals surface area contributed by atoms with Crippen LogP contribution >= 0.6 is 0 Å². The van der Waals surface area contributed by atoms with Crippen LogP contribution in [-0.4, -0.2) is 17.1 Å². The van der Waals surface area contributed by atoms with E-state index in [2.05, 4.69) is 9.97 Å². The molecule has 0 aliphatic heterocycles. The van der Waals surface area contributed by atoms with Gasteiger partial charge in [0.25, 0.3) is 0 Å². The molecule has 4 nitrogen and oxygen atoms in total. The maximum atomic E-state index is 12.6. The molecular formula is C13H8F3N3O. The second-order valence-corrected chi connectivity index (χ2v) is 3.83. The van der Waals surface area contributed by atoms with E-state index < -0.39 is 11.9 Å². The average molecular weight is 279 g/mol. The Morgan fingerprint density at radius 3 is 2.60 bits per heavy atom. The molecule has 2 aromatic rings. The van der Waals surface area contributed by atoms with Gasteiger partial charge < -0.3 is 4.74 Å². The molecule has 0 spiro atoms. The molecule has 0 radical (unpaired) electrons. The predicted octanol–water partition coefficient (Wildman–Crippen LogP) is 3.04. The summed E-state index contributed by atoms with van der Waals surface area (Å²) >= 11 is 0. The van der Waals surface area contributed by atoms with Crippen LogP contribution < -0.4 is 4.74 Å². The molecule has 1 heterocycles. The van der Waals surface area contributed by atoms with Gasteiger partial charge in [0, 0.05) is 11.8 Å². The zero-order valence-corrected chi connectivity index (χ0v) is 10.3. The van der Waals surface area contributed by atoms with Crippen LogP contribution in [0, 0.1) is 11.3 Å². The van der Waals surface area contributed by atoms with Gasteiger partial charge >= 0.3 is 6.18 Å². The number of alkyl halides is 3. The molecule has 1 aromatic heterocycles. The molecular weight excluding hydrogens is 271 g/mol. The summed E-state index contributed by atoms with van der Waals surface area (Å²) in [6.45, 7) is 0. The van der Waals surface area contributed by atoms with E-state index >= 15 is 0 Å². The van der Waals surface area contributed by atoms with Gasteiger partial charge in [-0.05, 0) is 24.3 Å². The van der Waals surface area contributed by atoms with Gasteiger partial charge in [0.05, 0.1) is 18.7 Å². The van der Waals surface area contributed by atoms with Gasteiger partial charge in [-0.3, -0.25) is 0 Å². The topological polar surface area (TPSA) is 58.8 Å². The highest BCUT2D eigenvalue weighted by atomic mass is 19.4. The summed E-state index contributed by atoms with van der Waals surface area (Å²) < 4.78 is 42.8. The van der Waals surface area contributed by atoms with Crippen LogP contribution in [0.2, 0.25) is 0 Å². The van der Waals surface area contributed by atoms with E-state index in [1.54, 1.807) is 0 Å². The van der Waals surface area contributed by atoms with Gasteiger partial charge in [0.15, 0.2) is 5.82 Å². The van der Waals surface area contributed by atoms with Crippen LogP contribution in [-0.2, 0) is 6.18 Å². The Bertz CT molecular complexity index is 677. The molecule has 0 aliphatic carbocycles. The van der Waals surface area contributed by atoms with E-state index in [9.17, 15) is 13.2 Å². The van der Waals surface area contributed by atoms with E-state index in [4.69, 9.17) is 10.00 Å². The lowest BCUT2D eigenvalue weighted by molar-refractivity contribution is -0.141. The Hall–Kier alpha value is -2.62. The Balaban J connectivity index is 2.54. The summed E-state index contributed by atoms with van der Waals surface area (Å²) in [5, 5.41) is 8.89. The second kappa shape index (κ2) is 5.17. The van der Waals surface area contributed by atoms with Crippen molar-refractivity contribution < 1.29 is 17.9 Å². The van der Waals surface area contributed by atoms with Crippen molar-refractivity contribution in [3.63, 3.8) is 0 Å². The Morgan fingerprint density at radius 2 is 2.00 bits per heavy atom. The van der Waals surface area contributed by atoms with Crippen molar-refractivity contribution in [1.29, 1.82) is 5.26 Å². The fraction of sp³-hybridized carbons (Fsp3) is 0.154. The molecule has 20 heavy (non-hydrogen) atoms. The molecule has 0 N–H and O–H groups in total. The zero-order chi connectivity index (χ0) is 14.8. The molecule has 0 aliphatic rings. The molecule has 0 bridgehead atoms. The van der Waals surface area contributed by atoms with Gasteiger partial charge in [0.1, 0.15) is 11.4 Å². The number of hydrogen-bond donors (Lipinski definition) is 0. The van der Waals surface area contributed by atoms with Gasteiger partial charge in [-0.15, -0.1) is 0 Å². The SMILES string of the molecule is COc1cc(C#N)cc(-c2nccc(C(F)(F)F)n2)c1. The quantitative estimate of drug-likeness (QED) is 0.847. The minimum absolute atomic E-state index is 0.116. The lowest BCUT2D eigenvalue weighted by atomic mass is 10.1. The molecule has 0 unspecified atom stereocenters. The lowest BCUT2D eigenvalue weighted by Gasteiger charge is -2.08.